The standard InChI is InChI=1S/C16H18N2S/c1-2-18(13-14-9-5-3-6-10-14)16(19)17-15-11-7-4-8-12-15/h3-12H,2,13H2,1H3,(H,17,19). The van der Waals surface area contributed by atoms with Gasteiger partial charge in [-0.1, -0.05) is 48.5 Å². The quantitative estimate of drug-likeness (QED) is 0.848. The zero-order chi connectivity index (χ0) is 13.5. The van der Waals surface area contributed by atoms with Crippen molar-refractivity contribution in [3.05, 3.63) is 66.2 Å². The fraction of sp³-hybridized carbons (Fsp3) is 0.188. The van der Waals surface area contributed by atoms with Crippen LogP contribution in [0.2, 0.25) is 0 Å². The van der Waals surface area contributed by atoms with E-state index in [0.29, 0.717) is 0 Å². The molecule has 0 saturated carbocycles. The SMILES string of the molecule is CCN(Cc1ccccc1)C(=S)Nc1ccccc1. The molecule has 0 aliphatic carbocycles. The van der Waals surface area contributed by atoms with Crippen molar-refractivity contribution in [2.75, 3.05) is 11.9 Å². The third-order valence-electron chi connectivity index (χ3n) is 2.91. The van der Waals surface area contributed by atoms with Gasteiger partial charge in [-0.25, -0.2) is 0 Å². The van der Waals surface area contributed by atoms with E-state index in [4.69, 9.17) is 12.2 Å². The second-order valence-corrected chi connectivity index (χ2v) is 4.68. The van der Waals surface area contributed by atoms with Gasteiger partial charge in [0, 0.05) is 18.8 Å². The molecule has 1 N–H and O–H groups in total. The predicted molar refractivity (Wildman–Crippen MR) is 85.2 cm³/mol. The number of benzene rings is 2. The van der Waals surface area contributed by atoms with E-state index in [1.165, 1.54) is 5.56 Å². The lowest BCUT2D eigenvalue weighted by Crippen LogP contribution is -2.34. The van der Waals surface area contributed by atoms with Gasteiger partial charge in [0.25, 0.3) is 0 Å². The Morgan fingerprint density at radius 2 is 1.58 bits per heavy atom. The molecule has 0 spiro atoms. The summed E-state index contributed by atoms with van der Waals surface area (Å²) in [5.74, 6) is 0. The van der Waals surface area contributed by atoms with Crippen LogP contribution in [0.5, 0.6) is 0 Å². The average molecular weight is 270 g/mol. The Kier molecular flexibility index (Phi) is 4.93. The number of hydrogen-bond acceptors (Lipinski definition) is 1. The van der Waals surface area contributed by atoms with Crippen molar-refractivity contribution in [3.8, 4) is 0 Å². The lowest BCUT2D eigenvalue weighted by atomic mass is 10.2. The van der Waals surface area contributed by atoms with Crippen molar-refractivity contribution >= 4 is 23.0 Å². The third kappa shape index (κ3) is 4.07. The molecule has 0 aromatic heterocycles. The molecule has 0 fully saturated rings. The molecular weight excluding hydrogens is 252 g/mol. The second-order valence-electron chi connectivity index (χ2n) is 4.30. The van der Waals surface area contributed by atoms with Gasteiger partial charge in [0.2, 0.25) is 0 Å². The monoisotopic (exact) mass is 270 g/mol. The molecule has 0 atom stereocenters. The summed E-state index contributed by atoms with van der Waals surface area (Å²) in [7, 11) is 0. The first kappa shape index (κ1) is 13.6. The van der Waals surface area contributed by atoms with E-state index in [2.05, 4.69) is 41.4 Å². The number of para-hydroxylation sites is 1. The molecule has 98 valence electrons. The Bertz CT molecular complexity index is 511. The zero-order valence-corrected chi connectivity index (χ0v) is 11.9. The van der Waals surface area contributed by atoms with Crippen LogP contribution in [0.1, 0.15) is 12.5 Å². The number of thiocarbonyl (C=S) groups is 1. The molecule has 0 amide bonds. The summed E-state index contributed by atoms with van der Waals surface area (Å²) in [5.41, 5.74) is 2.29. The van der Waals surface area contributed by atoms with Crippen LogP contribution in [0, 0.1) is 0 Å². The van der Waals surface area contributed by atoms with E-state index < -0.39 is 0 Å². The van der Waals surface area contributed by atoms with Gasteiger partial charge in [-0.2, -0.15) is 0 Å². The van der Waals surface area contributed by atoms with E-state index in [-0.39, 0.29) is 0 Å². The highest BCUT2D eigenvalue weighted by molar-refractivity contribution is 7.80. The van der Waals surface area contributed by atoms with Gasteiger partial charge in [-0.15, -0.1) is 0 Å². The highest BCUT2D eigenvalue weighted by atomic mass is 32.1. The normalized spacial score (nSPS) is 9.95. The Labute approximate surface area is 120 Å². The topological polar surface area (TPSA) is 15.3 Å². The van der Waals surface area contributed by atoms with Crippen LogP contribution in [0.3, 0.4) is 0 Å². The summed E-state index contributed by atoms with van der Waals surface area (Å²) in [4.78, 5) is 2.15. The van der Waals surface area contributed by atoms with E-state index in [0.717, 1.165) is 23.9 Å². The van der Waals surface area contributed by atoms with E-state index in [1.807, 2.05) is 36.4 Å². The van der Waals surface area contributed by atoms with Crippen LogP contribution < -0.4 is 5.32 Å². The summed E-state index contributed by atoms with van der Waals surface area (Å²) in [5, 5.41) is 4.03. The van der Waals surface area contributed by atoms with Crippen LogP contribution in [0.15, 0.2) is 60.7 Å². The number of nitrogens with zero attached hydrogens (tertiary/aromatic N) is 1. The van der Waals surface area contributed by atoms with Crippen LogP contribution in [-0.2, 0) is 6.54 Å². The molecule has 2 rings (SSSR count). The minimum Gasteiger partial charge on any atom is -0.345 e. The summed E-state index contributed by atoms with van der Waals surface area (Å²) >= 11 is 5.47. The van der Waals surface area contributed by atoms with Crippen molar-refractivity contribution in [2.24, 2.45) is 0 Å². The molecule has 19 heavy (non-hydrogen) atoms. The Morgan fingerprint density at radius 3 is 2.16 bits per heavy atom. The molecule has 0 radical (unpaired) electrons. The molecule has 3 heteroatoms. The first-order valence-corrected chi connectivity index (χ1v) is 6.85. The maximum atomic E-state index is 5.47. The van der Waals surface area contributed by atoms with Crippen LogP contribution in [0.4, 0.5) is 5.69 Å². The van der Waals surface area contributed by atoms with E-state index >= 15 is 0 Å². The molecule has 0 aliphatic rings. The van der Waals surface area contributed by atoms with Gasteiger partial charge in [0.1, 0.15) is 0 Å². The minimum absolute atomic E-state index is 0.762. The Hall–Kier alpha value is -1.87. The first-order chi connectivity index (χ1) is 9.29. The maximum Gasteiger partial charge on any atom is 0.173 e. The average Bonchev–Trinajstić information content (AvgIpc) is 2.47. The first-order valence-electron chi connectivity index (χ1n) is 6.44. The Morgan fingerprint density at radius 1 is 1.00 bits per heavy atom. The second kappa shape index (κ2) is 6.90. The van der Waals surface area contributed by atoms with Gasteiger partial charge >= 0.3 is 0 Å². The molecule has 0 aliphatic heterocycles. The van der Waals surface area contributed by atoms with Crippen molar-refractivity contribution in [2.45, 2.75) is 13.5 Å². The molecule has 2 nitrogen and oxygen atoms in total. The molecule has 2 aromatic rings. The molecule has 0 saturated heterocycles. The smallest absolute Gasteiger partial charge is 0.173 e. The molecule has 0 heterocycles. The Balaban J connectivity index is 2.00. The summed E-state index contributed by atoms with van der Waals surface area (Å²) in [6, 6.07) is 20.4. The molecule has 0 bridgehead atoms. The van der Waals surface area contributed by atoms with Crippen molar-refractivity contribution in [3.63, 3.8) is 0 Å². The van der Waals surface area contributed by atoms with Gasteiger partial charge < -0.3 is 10.2 Å². The molecule has 2 aromatic carbocycles. The van der Waals surface area contributed by atoms with E-state index in [9.17, 15) is 0 Å². The number of hydrogen-bond donors (Lipinski definition) is 1. The fourth-order valence-electron chi connectivity index (χ4n) is 1.86. The van der Waals surface area contributed by atoms with Gasteiger partial charge in [-0.05, 0) is 36.8 Å². The largest absolute Gasteiger partial charge is 0.345 e. The van der Waals surface area contributed by atoms with Crippen molar-refractivity contribution in [1.82, 2.24) is 4.90 Å². The minimum atomic E-state index is 0.762. The summed E-state index contributed by atoms with van der Waals surface area (Å²) < 4.78 is 0. The number of nitrogens with one attached hydrogen (secondary N) is 1. The van der Waals surface area contributed by atoms with Crippen LogP contribution in [0.25, 0.3) is 0 Å². The molecule has 0 unspecified atom stereocenters. The number of rotatable bonds is 4. The highest BCUT2D eigenvalue weighted by Gasteiger charge is 2.08. The van der Waals surface area contributed by atoms with Gasteiger partial charge in [0.15, 0.2) is 5.11 Å². The highest BCUT2D eigenvalue weighted by Crippen LogP contribution is 2.09. The lowest BCUT2D eigenvalue weighted by molar-refractivity contribution is 0.442. The van der Waals surface area contributed by atoms with Crippen LogP contribution >= 0.6 is 12.2 Å². The predicted octanol–water partition coefficient (Wildman–Crippen LogP) is 3.91. The van der Waals surface area contributed by atoms with Crippen LogP contribution in [-0.4, -0.2) is 16.6 Å². The number of anilines is 1. The summed E-state index contributed by atoms with van der Waals surface area (Å²) in [6.45, 7) is 3.82. The van der Waals surface area contributed by atoms with Crippen molar-refractivity contribution < 1.29 is 0 Å². The van der Waals surface area contributed by atoms with E-state index in [1.54, 1.807) is 0 Å². The third-order valence-corrected chi connectivity index (χ3v) is 3.27. The fourth-order valence-corrected chi connectivity index (χ4v) is 2.17. The van der Waals surface area contributed by atoms with Gasteiger partial charge in [0.05, 0.1) is 0 Å². The lowest BCUT2D eigenvalue weighted by Gasteiger charge is -2.24. The van der Waals surface area contributed by atoms with Crippen molar-refractivity contribution in [1.29, 1.82) is 0 Å². The zero-order valence-electron chi connectivity index (χ0n) is 11.0. The van der Waals surface area contributed by atoms with Gasteiger partial charge in [-0.3, -0.25) is 0 Å². The maximum absolute atomic E-state index is 5.47. The summed E-state index contributed by atoms with van der Waals surface area (Å²) in [6.07, 6.45) is 0. The molecular formula is C16H18N2S.